The Morgan fingerprint density at radius 1 is 1.03 bits per heavy atom. The summed E-state index contributed by atoms with van der Waals surface area (Å²) in [6, 6.07) is 18.4. The van der Waals surface area contributed by atoms with Crippen molar-refractivity contribution in [3.05, 3.63) is 60.2 Å². The first-order valence-corrected chi connectivity index (χ1v) is 10.5. The minimum Gasteiger partial charge on any atom is -0.383 e. The maximum Gasteiger partial charge on any atom is 0.242 e. The second-order valence-electron chi connectivity index (χ2n) is 7.57. The molecule has 1 aliphatic heterocycles. The third kappa shape index (κ3) is 4.80. The van der Waals surface area contributed by atoms with Crippen LogP contribution in [0.5, 0.6) is 0 Å². The number of rotatable bonds is 8. The number of hydrogen-bond acceptors (Lipinski definition) is 5. The van der Waals surface area contributed by atoms with Gasteiger partial charge in [0, 0.05) is 46.4 Å². The molecule has 1 N–H and O–H groups in total. The smallest absolute Gasteiger partial charge is 0.242 e. The van der Waals surface area contributed by atoms with E-state index in [2.05, 4.69) is 39.5 Å². The van der Waals surface area contributed by atoms with Crippen LogP contribution < -0.4 is 5.32 Å². The van der Waals surface area contributed by atoms with Crippen LogP contribution in [0, 0.1) is 0 Å². The maximum atomic E-state index is 13.1. The number of piperazine rings is 1. The van der Waals surface area contributed by atoms with Crippen molar-refractivity contribution in [2.45, 2.75) is 13.1 Å². The number of imidazole rings is 1. The topological polar surface area (TPSA) is 62.6 Å². The van der Waals surface area contributed by atoms with Gasteiger partial charge in [-0.15, -0.1) is 0 Å². The fourth-order valence-corrected chi connectivity index (χ4v) is 3.87. The highest BCUT2D eigenvalue weighted by Gasteiger charge is 2.23. The normalized spacial score (nSPS) is 14.9. The van der Waals surface area contributed by atoms with Crippen LogP contribution >= 0.6 is 0 Å². The monoisotopic (exact) mass is 407 g/mol. The van der Waals surface area contributed by atoms with Gasteiger partial charge in [0.15, 0.2) is 0 Å². The van der Waals surface area contributed by atoms with Gasteiger partial charge in [-0.25, -0.2) is 4.98 Å². The molecule has 1 aliphatic rings. The fourth-order valence-electron chi connectivity index (χ4n) is 3.87. The van der Waals surface area contributed by atoms with Crippen molar-refractivity contribution in [2.24, 2.45) is 0 Å². The van der Waals surface area contributed by atoms with Gasteiger partial charge >= 0.3 is 0 Å². The summed E-state index contributed by atoms with van der Waals surface area (Å²) in [5.74, 6) is 0.844. The molecule has 2 heterocycles. The summed E-state index contributed by atoms with van der Waals surface area (Å²) in [5.41, 5.74) is 3.17. The van der Waals surface area contributed by atoms with Crippen LogP contribution in [0.25, 0.3) is 11.0 Å². The van der Waals surface area contributed by atoms with Crippen LogP contribution in [0.1, 0.15) is 5.56 Å². The summed E-state index contributed by atoms with van der Waals surface area (Å²) in [6.45, 7) is 5.74. The number of hydrogen-bond donors (Lipinski definition) is 1. The molecule has 0 saturated carbocycles. The summed E-state index contributed by atoms with van der Waals surface area (Å²) in [5, 5.41) is 3.29. The molecule has 1 amide bonds. The number of anilines is 1. The molecule has 0 spiro atoms. The molecule has 2 aromatic carbocycles. The van der Waals surface area contributed by atoms with E-state index in [0.717, 1.165) is 43.8 Å². The van der Waals surface area contributed by atoms with Gasteiger partial charge in [-0.05, 0) is 17.7 Å². The number of aromatic nitrogens is 2. The van der Waals surface area contributed by atoms with Gasteiger partial charge in [0.2, 0.25) is 11.9 Å². The second-order valence-corrected chi connectivity index (χ2v) is 7.57. The highest BCUT2D eigenvalue weighted by Crippen LogP contribution is 2.20. The molecular weight excluding hydrogens is 378 g/mol. The number of carbonyl (C=O) groups is 1. The van der Waals surface area contributed by atoms with Gasteiger partial charge in [-0.3, -0.25) is 9.69 Å². The lowest BCUT2D eigenvalue weighted by atomic mass is 10.2. The predicted octanol–water partition coefficient (Wildman–Crippen LogP) is 2.44. The molecule has 7 nitrogen and oxygen atoms in total. The Morgan fingerprint density at radius 3 is 2.53 bits per heavy atom. The molecule has 30 heavy (non-hydrogen) atoms. The van der Waals surface area contributed by atoms with Crippen LogP contribution in [0.15, 0.2) is 54.6 Å². The van der Waals surface area contributed by atoms with E-state index in [1.807, 2.05) is 39.8 Å². The number of carbonyl (C=O) groups excluding carboxylic acids is 1. The first kappa shape index (κ1) is 20.4. The number of ether oxygens (including phenoxy) is 1. The first-order valence-electron chi connectivity index (χ1n) is 10.5. The highest BCUT2D eigenvalue weighted by molar-refractivity contribution is 5.83. The van der Waals surface area contributed by atoms with Crippen LogP contribution in [0.4, 0.5) is 5.95 Å². The van der Waals surface area contributed by atoms with E-state index in [0.29, 0.717) is 19.1 Å². The third-order valence-corrected chi connectivity index (χ3v) is 5.51. The highest BCUT2D eigenvalue weighted by atomic mass is 16.5. The van der Waals surface area contributed by atoms with Crippen LogP contribution in [-0.2, 0) is 22.6 Å². The maximum absolute atomic E-state index is 13.1. The summed E-state index contributed by atoms with van der Waals surface area (Å²) < 4.78 is 7.10. The zero-order valence-electron chi connectivity index (χ0n) is 17.5. The van der Waals surface area contributed by atoms with Gasteiger partial charge in [-0.1, -0.05) is 42.5 Å². The van der Waals surface area contributed by atoms with Crippen LogP contribution in [0.3, 0.4) is 0 Å². The molecular formula is C23H29N5O2. The van der Waals surface area contributed by atoms with E-state index in [9.17, 15) is 4.79 Å². The average Bonchev–Trinajstić information content (AvgIpc) is 3.12. The van der Waals surface area contributed by atoms with E-state index in [1.165, 1.54) is 5.56 Å². The number of nitrogens with one attached hydrogen (secondary N) is 1. The van der Waals surface area contributed by atoms with E-state index < -0.39 is 0 Å². The Hall–Kier alpha value is -2.90. The van der Waals surface area contributed by atoms with Crippen molar-refractivity contribution < 1.29 is 9.53 Å². The van der Waals surface area contributed by atoms with Gasteiger partial charge in [0.05, 0.1) is 17.6 Å². The zero-order chi connectivity index (χ0) is 20.8. The SMILES string of the molecule is COCCNc1nc2ccccc2n1CC(=O)N1CCN(Cc2ccccc2)CC1. The molecule has 1 aromatic heterocycles. The Bertz CT molecular complexity index is 964. The number of fused-ring (bicyclic) bond motifs is 1. The molecule has 3 aromatic rings. The van der Waals surface area contributed by atoms with Crippen molar-refractivity contribution in [2.75, 3.05) is 51.8 Å². The Morgan fingerprint density at radius 2 is 1.77 bits per heavy atom. The second kappa shape index (κ2) is 9.73. The van der Waals surface area contributed by atoms with E-state index in [4.69, 9.17) is 4.74 Å². The van der Waals surface area contributed by atoms with Crippen LogP contribution in [0.2, 0.25) is 0 Å². The molecule has 158 valence electrons. The molecule has 0 aliphatic carbocycles. The van der Waals surface area contributed by atoms with Gasteiger partial charge in [0.25, 0.3) is 0 Å². The van der Waals surface area contributed by atoms with Crippen molar-refractivity contribution in [1.82, 2.24) is 19.4 Å². The molecule has 1 saturated heterocycles. The zero-order valence-corrected chi connectivity index (χ0v) is 17.5. The molecule has 0 unspecified atom stereocenters. The fraction of sp³-hybridized carbons (Fsp3) is 0.391. The molecule has 0 bridgehead atoms. The van der Waals surface area contributed by atoms with Gasteiger partial charge in [-0.2, -0.15) is 0 Å². The predicted molar refractivity (Wildman–Crippen MR) is 118 cm³/mol. The summed E-state index contributed by atoms with van der Waals surface area (Å²) >= 11 is 0. The molecule has 4 rings (SSSR count). The standard InChI is InChI=1S/C23H29N5O2/c1-30-16-11-24-23-25-20-9-5-6-10-21(20)28(23)18-22(29)27-14-12-26(13-15-27)17-19-7-3-2-4-8-19/h2-10H,11-18H2,1H3,(H,24,25). The summed E-state index contributed by atoms with van der Waals surface area (Å²) in [6.07, 6.45) is 0. The first-order chi connectivity index (χ1) is 14.7. The van der Waals surface area contributed by atoms with E-state index in [1.54, 1.807) is 7.11 Å². The Labute approximate surface area is 177 Å². The quantitative estimate of drug-likeness (QED) is 0.581. The van der Waals surface area contributed by atoms with Crippen molar-refractivity contribution in [1.29, 1.82) is 0 Å². The average molecular weight is 408 g/mol. The lowest BCUT2D eigenvalue weighted by Crippen LogP contribution is -2.49. The summed E-state index contributed by atoms with van der Waals surface area (Å²) in [7, 11) is 1.67. The van der Waals surface area contributed by atoms with Crippen molar-refractivity contribution in [3.63, 3.8) is 0 Å². The Balaban J connectivity index is 1.39. The lowest BCUT2D eigenvalue weighted by molar-refractivity contribution is -0.133. The largest absolute Gasteiger partial charge is 0.383 e. The number of methoxy groups -OCH3 is 1. The van der Waals surface area contributed by atoms with Gasteiger partial charge < -0.3 is 19.5 Å². The molecule has 1 fully saturated rings. The van der Waals surface area contributed by atoms with E-state index >= 15 is 0 Å². The lowest BCUT2D eigenvalue weighted by Gasteiger charge is -2.35. The van der Waals surface area contributed by atoms with E-state index in [-0.39, 0.29) is 12.5 Å². The van der Waals surface area contributed by atoms with Crippen LogP contribution in [-0.4, -0.2) is 71.7 Å². The van der Waals surface area contributed by atoms with Crippen molar-refractivity contribution in [3.8, 4) is 0 Å². The summed E-state index contributed by atoms with van der Waals surface area (Å²) in [4.78, 5) is 22.1. The van der Waals surface area contributed by atoms with Gasteiger partial charge in [0.1, 0.15) is 6.54 Å². The number of nitrogens with zero attached hydrogens (tertiary/aromatic N) is 4. The molecule has 7 heteroatoms. The molecule has 0 atom stereocenters. The minimum atomic E-state index is 0.132. The third-order valence-electron chi connectivity index (χ3n) is 5.51. The minimum absolute atomic E-state index is 0.132. The number of para-hydroxylation sites is 2. The molecule has 0 radical (unpaired) electrons. The van der Waals surface area contributed by atoms with Crippen molar-refractivity contribution >= 4 is 22.9 Å². The number of benzene rings is 2. The Kier molecular flexibility index (Phi) is 6.61. The number of amides is 1.